The van der Waals surface area contributed by atoms with Crippen LogP contribution in [-0.4, -0.2) is 17.6 Å². The van der Waals surface area contributed by atoms with Crippen molar-refractivity contribution in [3.63, 3.8) is 0 Å². The van der Waals surface area contributed by atoms with Crippen molar-refractivity contribution >= 4 is 5.82 Å². The van der Waals surface area contributed by atoms with Crippen LogP contribution in [0.3, 0.4) is 0 Å². The molecule has 0 saturated carbocycles. The second kappa shape index (κ2) is 7.09. The Balaban J connectivity index is 2.57. The van der Waals surface area contributed by atoms with E-state index in [2.05, 4.69) is 24.1 Å². The highest BCUT2D eigenvalue weighted by Crippen LogP contribution is 2.22. The number of aromatic nitrogens is 1. The van der Waals surface area contributed by atoms with Gasteiger partial charge in [-0.3, -0.25) is 0 Å². The Labute approximate surface area is 98.2 Å². The SMILES string of the molecule is CCCCC(C)Nc1ncccc1OCC. The number of unbranched alkanes of at least 4 members (excludes halogenated alkanes) is 1. The minimum atomic E-state index is 0.439. The van der Waals surface area contributed by atoms with Crippen LogP contribution in [0.4, 0.5) is 5.82 Å². The first-order chi connectivity index (χ1) is 7.77. The lowest BCUT2D eigenvalue weighted by Gasteiger charge is -2.16. The van der Waals surface area contributed by atoms with Crippen molar-refractivity contribution in [3.8, 4) is 5.75 Å². The predicted molar refractivity (Wildman–Crippen MR) is 68.0 cm³/mol. The smallest absolute Gasteiger partial charge is 0.168 e. The third-order valence-corrected chi connectivity index (χ3v) is 2.44. The van der Waals surface area contributed by atoms with E-state index in [9.17, 15) is 0 Å². The number of ether oxygens (including phenoxy) is 1. The molecule has 0 bridgehead atoms. The molecule has 1 aromatic rings. The van der Waals surface area contributed by atoms with Crippen molar-refractivity contribution in [3.05, 3.63) is 18.3 Å². The summed E-state index contributed by atoms with van der Waals surface area (Å²) in [5.41, 5.74) is 0. The molecule has 0 spiro atoms. The van der Waals surface area contributed by atoms with E-state index in [0.29, 0.717) is 12.6 Å². The fraction of sp³-hybridized carbons (Fsp3) is 0.615. The molecule has 0 aliphatic carbocycles. The summed E-state index contributed by atoms with van der Waals surface area (Å²) < 4.78 is 5.52. The normalized spacial score (nSPS) is 12.2. The van der Waals surface area contributed by atoms with Crippen LogP contribution in [0.15, 0.2) is 18.3 Å². The van der Waals surface area contributed by atoms with Crippen LogP contribution in [-0.2, 0) is 0 Å². The number of nitrogens with zero attached hydrogens (tertiary/aromatic N) is 1. The summed E-state index contributed by atoms with van der Waals surface area (Å²) >= 11 is 0. The van der Waals surface area contributed by atoms with Crippen molar-refractivity contribution in [2.24, 2.45) is 0 Å². The molecule has 0 aliphatic rings. The van der Waals surface area contributed by atoms with Gasteiger partial charge in [-0.2, -0.15) is 0 Å². The Morgan fingerprint density at radius 3 is 2.94 bits per heavy atom. The topological polar surface area (TPSA) is 34.2 Å². The molecule has 0 fully saturated rings. The van der Waals surface area contributed by atoms with Gasteiger partial charge in [0.1, 0.15) is 0 Å². The van der Waals surface area contributed by atoms with E-state index in [-0.39, 0.29) is 0 Å². The molecule has 16 heavy (non-hydrogen) atoms. The number of pyridine rings is 1. The molecule has 0 aromatic carbocycles. The van der Waals surface area contributed by atoms with Crippen molar-refractivity contribution in [1.29, 1.82) is 0 Å². The summed E-state index contributed by atoms with van der Waals surface area (Å²) in [6.07, 6.45) is 5.42. The van der Waals surface area contributed by atoms with Gasteiger partial charge in [-0.15, -0.1) is 0 Å². The van der Waals surface area contributed by atoms with Gasteiger partial charge < -0.3 is 10.1 Å². The molecule has 1 heterocycles. The highest BCUT2D eigenvalue weighted by molar-refractivity contribution is 5.49. The molecule has 1 rings (SSSR count). The number of nitrogens with one attached hydrogen (secondary N) is 1. The van der Waals surface area contributed by atoms with E-state index >= 15 is 0 Å². The average Bonchev–Trinajstić information content (AvgIpc) is 2.29. The van der Waals surface area contributed by atoms with Gasteiger partial charge in [0.05, 0.1) is 6.61 Å². The minimum absolute atomic E-state index is 0.439. The molecular weight excluding hydrogens is 200 g/mol. The first kappa shape index (κ1) is 12.8. The Morgan fingerprint density at radius 1 is 1.44 bits per heavy atom. The minimum Gasteiger partial charge on any atom is -0.490 e. The summed E-state index contributed by atoms with van der Waals surface area (Å²) in [6, 6.07) is 4.28. The van der Waals surface area contributed by atoms with Crippen molar-refractivity contribution < 1.29 is 4.74 Å². The summed E-state index contributed by atoms with van der Waals surface area (Å²) in [5.74, 6) is 1.70. The third-order valence-electron chi connectivity index (χ3n) is 2.44. The van der Waals surface area contributed by atoms with E-state index in [4.69, 9.17) is 4.74 Å². The lowest BCUT2D eigenvalue weighted by molar-refractivity contribution is 0.340. The fourth-order valence-electron chi connectivity index (χ4n) is 1.59. The van der Waals surface area contributed by atoms with Gasteiger partial charge in [0.2, 0.25) is 0 Å². The molecule has 0 amide bonds. The molecule has 3 heteroatoms. The van der Waals surface area contributed by atoms with Gasteiger partial charge in [-0.1, -0.05) is 19.8 Å². The first-order valence-electron chi connectivity index (χ1n) is 6.12. The second-order valence-electron chi connectivity index (χ2n) is 3.97. The first-order valence-corrected chi connectivity index (χ1v) is 6.12. The van der Waals surface area contributed by atoms with Gasteiger partial charge >= 0.3 is 0 Å². The van der Waals surface area contributed by atoms with Crippen LogP contribution in [0, 0.1) is 0 Å². The van der Waals surface area contributed by atoms with Crippen LogP contribution < -0.4 is 10.1 Å². The molecule has 0 radical (unpaired) electrons. The zero-order chi connectivity index (χ0) is 11.8. The Bertz CT molecular complexity index is 302. The maximum Gasteiger partial charge on any atom is 0.168 e. The van der Waals surface area contributed by atoms with Gasteiger partial charge in [0.15, 0.2) is 11.6 Å². The molecule has 1 atom stereocenters. The highest BCUT2D eigenvalue weighted by atomic mass is 16.5. The van der Waals surface area contributed by atoms with Crippen LogP contribution in [0.1, 0.15) is 40.0 Å². The lowest BCUT2D eigenvalue weighted by atomic mass is 10.1. The number of rotatable bonds is 7. The van der Waals surface area contributed by atoms with Crippen LogP contribution in [0.5, 0.6) is 5.75 Å². The predicted octanol–water partition coefficient (Wildman–Crippen LogP) is 3.47. The molecule has 3 nitrogen and oxygen atoms in total. The summed E-state index contributed by atoms with van der Waals surface area (Å²) in [5, 5.41) is 3.39. The van der Waals surface area contributed by atoms with E-state index in [1.807, 2.05) is 19.1 Å². The molecular formula is C13H22N2O. The van der Waals surface area contributed by atoms with Crippen LogP contribution in [0.25, 0.3) is 0 Å². The van der Waals surface area contributed by atoms with Gasteiger partial charge in [-0.05, 0) is 32.4 Å². The number of anilines is 1. The number of hydrogen-bond donors (Lipinski definition) is 1. The quantitative estimate of drug-likeness (QED) is 0.767. The largest absolute Gasteiger partial charge is 0.490 e. The van der Waals surface area contributed by atoms with Gasteiger partial charge in [0, 0.05) is 12.2 Å². The van der Waals surface area contributed by atoms with E-state index in [1.165, 1.54) is 19.3 Å². The standard InChI is InChI=1S/C13H22N2O/c1-4-6-8-11(3)15-13-12(16-5-2)9-7-10-14-13/h7,9-11H,4-6,8H2,1-3H3,(H,14,15). The number of hydrogen-bond acceptors (Lipinski definition) is 3. The van der Waals surface area contributed by atoms with E-state index in [1.54, 1.807) is 6.20 Å². The highest BCUT2D eigenvalue weighted by Gasteiger charge is 2.07. The zero-order valence-electron chi connectivity index (χ0n) is 10.5. The summed E-state index contributed by atoms with van der Waals surface area (Å²) in [4.78, 5) is 4.31. The molecule has 0 aliphatic heterocycles. The van der Waals surface area contributed by atoms with Gasteiger partial charge in [0.25, 0.3) is 0 Å². The summed E-state index contributed by atoms with van der Waals surface area (Å²) in [7, 11) is 0. The molecule has 0 saturated heterocycles. The Morgan fingerprint density at radius 2 is 2.25 bits per heavy atom. The molecule has 1 unspecified atom stereocenters. The lowest BCUT2D eigenvalue weighted by Crippen LogP contribution is -2.16. The molecule has 1 N–H and O–H groups in total. The van der Waals surface area contributed by atoms with Crippen molar-refractivity contribution in [2.75, 3.05) is 11.9 Å². The zero-order valence-corrected chi connectivity index (χ0v) is 10.5. The van der Waals surface area contributed by atoms with Crippen molar-refractivity contribution in [1.82, 2.24) is 4.98 Å². The van der Waals surface area contributed by atoms with Crippen molar-refractivity contribution in [2.45, 2.75) is 46.1 Å². The molecule has 1 aromatic heterocycles. The second-order valence-corrected chi connectivity index (χ2v) is 3.97. The van der Waals surface area contributed by atoms with Gasteiger partial charge in [-0.25, -0.2) is 4.98 Å². The third kappa shape index (κ3) is 4.09. The molecule has 90 valence electrons. The maximum atomic E-state index is 5.52. The van der Waals surface area contributed by atoms with Crippen LogP contribution >= 0.6 is 0 Å². The Hall–Kier alpha value is -1.25. The monoisotopic (exact) mass is 222 g/mol. The van der Waals surface area contributed by atoms with E-state index < -0.39 is 0 Å². The summed E-state index contributed by atoms with van der Waals surface area (Å²) in [6.45, 7) is 7.04. The van der Waals surface area contributed by atoms with E-state index in [0.717, 1.165) is 11.6 Å². The maximum absolute atomic E-state index is 5.52. The average molecular weight is 222 g/mol. The fourth-order valence-corrected chi connectivity index (χ4v) is 1.59. The van der Waals surface area contributed by atoms with Crippen LogP contribution in [0.2, 0.25) is 0 Å². The Kier molecular flexibility index (Phi) is 5.68.